The summed E-state index contributed by atoms with van der Waals surface area (Å²) in [6, 6.07) is 9.23. The van der Waals surface area contributed by atoms with Crippen LogP contribution in [0.5, 0.6) is 0 Å². The summed E-state index contributed by atoms with van der Waals surface area (Å²) in [5.74, 6) is 0.304. The van der Waals surface area contributed by atoms with Crippen LogP contribution in [0.4, 0.5) is 0 Å². The number of hydrogen-bond acceptors (Lipinski definition) is 4. The van der Waals surface area contributed by atoms with Gasteiger partial charge in [0.25, 0.3) is 0 Å². The monoisotopic (exact) mass is 294 g/mol. The standard InChI is InChI=1S/C14H18N2O3S/c1-4-13(12-8-6-5-7-9-12)16-20(17,18)14-10(2)15-19-11(14)3/h5-9,13,16H,4H2,1-3H3/t13-/m1/s1. The maximum Gasteiger partial charge on any atom is 0.246 e. The molecular formula is C14H18N2O3S. The minimum Gasteiger partial charge on any atom is -0.360 e. The van der Waals surface area contributed by atoms with Crippen molar-refractivity contribution >= 4 is 10.0 Å². The van der Waals surface area contributed by atoms with Gasteiger partial charge in [-0.25, -0.2) is 13.1 Å². The van der Waals surface area contributed by atoms with Crippen molar-refractivity contribution in [3.8, 4) is 0 Å². The highest BCUT2D eigenvalue weighted by Gasteiger charge is 2.26. The summed E-state index contributed by atoms with van der Waals surface area (Å²) in [5.41, 5.74) is 1.31. The Hall–Kier alpha value is -1.66. The Morgan fingerprint density at radius 1 is 1.25 bits per heavy atom. The Kier molecular flexibility index (Phi) is 4.25. The lowest BCUT2D eigenvalue weighted by molar-refractivity contribution is 0.390. The minimum atomic E-state index is -3.64. The summed E-state index contributed by atoms with van der Waals surface area (Å²) in [6.07, 6.45) is 0.659. The fraction of sp³-hybridized carbons (Fsp3) is 0.357. The zero-order valence-corrected chi connectivity index (χ0v) is 12.6. The first kappa shape index (κ1) is 14.7. The molecule has 5 nitrogen and oxygen atoms in total. The Balaban J connectivity index is 2.32. The van der Waals surface area contributed by atoms with Gasteiger partial charge in [-0.15, -0.1) is 0 Å². The lowest BCUT2D eigenvalue weighted by atomic mass is 10.1. The van der Waals surface area contributed by atoms with Crippen molar-refractivity contribution in [1.29, 1.82) is 0 Å². The molecular weight excluding hydrogens is 276 g/mol. The van der Waals surface area contributed by atoms with Crippen molar-refractivity contribution in [2.75, 3.05) is 0 Å². The van der Waals surface area contributed by atoms with Crippen molar-refractivity contribution in [1.82, 2.24) is 9.88 Å². The second-order valence-corrected chi connectivity index (χ2v) is 6.30. The number of aromatic nitrogens is 1. The number of benzene rings is 1. The zero-order chi connectivity index (χ0) is 14.8. The van der Waals surface area contributed by atoms with Gasteiger partial charge in [0.2, 0.25) is 10.0 Å². The van der Waals surface area contributed by atoms with Gasteiger partial charge in [0.05, 0.1) is 0 Å². The molecule has 0 aliphatic carbocycles. The predicted molar refractivity (Wildman–Crippen MR) is 75.8 cm³/mol. The molecule has 108 valence electrons. The SMILES string of the molecule is CC[C@@H](NS(=O)(=O)c1c(C)noc1C)c1ccccc1. The third-order valence-corrected chi connectivity index (χ3v) is 4.86. The molecule has 2 aromatic rings. The average Bonchev–Trinajstić information content (AvgIpc) is 2.77. The molecule has 2 rings (SSSR count). The molecule has 0 bridgehead atoms. The van der Waals surface area contributed by atoms with Crippen LogP contribution in [-0.4, -0.2) is 13.6 Å². The van der Waals surface area contributed by atoms with Crippen LogP contribution in [0.1, 0.15) is 36.4 Å². The van der Waals surface area contributed by atoms with Gasteiger partial charge in [-0.05, 0) is 25.8 Å². The first-order valence-electron chi connectivity index (χ1n) is 6.46. The van der Waals surface area contributed by atoms with Crippen molar-refractivity contribution in [3.05, 3.63) is 47.3 Å². The molecule has 1 heterocycles. The number of rotatable bonds is 5. The quantitative estimate of drug-likeness (QED) is 0.920. The summed E-state index contributed by atoms with van der Waals surface area (Å²) in [4.78, 5) is 0.131. The largest absolute Gasteiger partial charge is 0.360 e. The minimum absolute atomic E-state index is 0.131. The van der Waals surface area contributed by atoms with Gasteiger partial charge in [0, 0.05) is 6.04 Å². The first-order chi connectivity index (χ1) is 9.45. The summed E-state index contributed by atoms with van der Waals surface area (Å²) >= 11 is 0. The third-order valence-electron chi connectivity index (χ3n) is 3.14. The zero-order valence-electron chi connectivity index (χ0n) is 11.8. The lowest BCUT2D eigenvalue weighted by Gasteiger charge is -2.17. The number of nitrogens with one attached hydrogen (secondary N) is 1. The van der Waals surface area contributed by atoms with E-state index in [0.717, 1.165) is 5.56 Å². The van der Waals surface area contributed by atoms with Crippen LogP contribution < -0.4 is 4.72 Å². The first-order valence-corrected chi connectivity index (χ1v) is 7.94. The molecule has 0 spiro atoms. The molecule has 1 N–H and O–H groups in total. The van der Waals surface area contributed by atoms with E-state index >= 15 is 0 Å². The maximum absolute atomic E-state index is 12.5. The molecule has 0 unspecified atom stereocenters. The van der Waals surface area contributed by atoms with E-state index in [9.17, 15) is 8.42 Å². The van der Waals surface area contributed by atoms with Crippen LogP contribution in [0.2, 0.25) is 0 Å². The highest BCUT2D eigenvalue weighted by molar-refractivity contribution is 7.89. The topological polar surface area (TPSA) is 72.2 Å². The molecule has 1 atom stereocenters. The number of aryl methyl sites for hydroxylation is 2. The van der Waals surface area contributed by atoms with E-state index in [0.29, 0.717) is 17.9 Å². The summed E-state index contributed by atoms with van der Waals surface area (Å²) in [6.45, 7) is 5.15. The van der Waals surface area contributed by atoms with Crippen molar-refractivity contribution in [2.45, 2.75) is 38.1 Å². The molecule has 1 aromatic heterocycles. The Labute approximate surface area is 119 Å². The second-order valence-electron chi connectivity index (χ2n) is 4.65. The maximum atomic E-state index is 12.5. The highest BCUT2D eigenvalue weighted by Crippen LogP contribution is 2.23. The number of nitrogens with zero attached hydrogens (tertiary/aromatic N) is 1. The van der Waals surface area contributed by atoms with Crippen molar-refractivity contribution < 1.29 is 12.9 Å². The van der Waals surface area contributed by atoms with E-state index in [1.165, 1.54) is 0 Å². The van der Waals surface area contributed by atoms with Crippen LogP contribution in [0.15, 0.2) is 39.8 Å². The molecule has 0 aliphatic heterocycles. The second kappa shape index (κ2) is 5.76. The van der Waals surface area contributed by atoms with Crippen LogP contribution in [0.3, 0.4) is 0 Å². The Bertz CT molecular complexity index is 658. The van der Waals surface area contributed by atoms with Gasteiger partial charge in [0.15, 0.2) is 5.76 Å². The number of sulfonamides is 1. The molecule has 0 saturated heterocycles. The van der Waals surface area contributed by atoms with Gasteiger partial charge >= 0.3 is 0 Å². The summed E-state index contributed by atoms with van der Waals surface area (Å²) in [5, 5.41) is 3.69. The normalized spacial score (nSPS) is 13.3. The van der Waals surface area contributed by atoms with Gasteiger partial charge in [-0.2, -0.15) is 0 Å². The van der Waals surface area contributed by atoms with E-state index in [4.69, 9.17) is 4.52 Å². The van der Waals surface area contributed by atoms with Gasteiger partial charge in [0.1, 0.15) is 10.6 Å². The lowest BCUT2D eigenvalue weighted by Crippen LogP contribution is -2.29. The fourth-order valence-corrected chi connectivity index (χ4v) is 3.81. The molecule has 0 saturated carbocycles. The third kappa shape index (κ3) is 2.91. The van der Waals surface area contributed by atoms with Gasteiger partial charge in [-0.3, -0.25) is 0 Å². The van der Waals surface area contributed by atoms with Gasteiger partial charge in [-0.1, -0.05) is 42.4 Å². The molecule has 1 aromatic carbocycles. The van der Waals surface area contributed by atoms with Crippen LogP contribution in [0.25, 0.3) is 0 Å². The summed E-state index contributed by atoms with van der Waals surface area (Å²) in [7, 11) is -3.64. The van der Waals surface area contributed by atoms with E-state index in [-0.39, 0.29) is 10.9 Å². The van der Waals surface area contributed by atoms with Crippen LogP contribution >= 0.6 is 0 Å². The van der Waals surface area contributed by atoms with E-state index in [1.807, 2.05) is 37.3 Å². The molecule has 0 radical (unpaired) electrons. The van der Waals surface area contributed by atoms with Crippen LogP contribution in [-0.2, 0) is 10.0 Å². The van der Waals surface area contributed by atoms with Crippen LogP contribution in [0, 0.1) is 13.8 Å². The smallest absolute Gasteiger partial charge is 0.246 e. The Morgan fingerprint density at radius 2 is 1.90 bits per heavy atom. The molecule has 0 aliphatic rings. The molecule has 0 fully saturated rings. The van der Waals surface area contributed by atoms with E-state index in [2.05, 4.69) is 9.88 Å². The summed E-state index contributed by atoms with van der Waals surface area (Å²) < 4.78 is 32.6. The molecule has 0 amide bonds. The number of hydrogen-bond donors (Lipinski definition) is 1. The molecule has 6 heteroatoms. The Morgan fingerprint density at radius 3 is 2.40 bits per heavy atom. The van der Waals surface area contributed by atoms with E-state index < -0.39 is 10.0 Å². The van der Waals surface area contributed by atoms with Gasteiger partial charge < -0.3 is 4.52 Å². The molecule has 20 heavy (non-hydrogen) atoms. The fourth-order valence-electron chi connectivity index (χ4n) is 2.18. The van der Waals surface area contributed by atoms with Crippen molar-refractivity contribution in [2.24, 2.45) is 0 Å². The van der Waals surface area contributed by atoms with Crippen molar-refractivity contribution in [3.63, 3.8) is 0 Å². The highest BCUT2D eigenvalue weighted by atomic mass is 32.2. The predicted octanol–water partition coefficient (Wildman–Crippen LogP) is 2.72. The van der Waals surface area contributed by atoms with E-state index in [1.54, 1.807) is 13.8 Å². The average molecular weight is 294 g/mol.